The molecule has 0 N–H and O–H groups in total. The zero-order valence-corrected chi connectivity index (χ0v) is 22.1. The summed E-state index contributed by atoms with van der Waals surface area (Å²) in [6.07, 6.45) is 41.5. The van der Waals surface area contributed by atoms with Gasteiger partial charge < -0.3 is 0 Å². The third-order valence-electron chi connectivity index (χ3n) is 4.54. The van der Waals surface area contributed by atoms with Gasteiger partial charge in [0.1, 0.15) is 0 Å². The Bertz CT molecular complexity index is 258. The molecular formula is C26H34Cl2Zr. The molecule has 0 saturated heterocycles. The summed E-state index contributed by atoms with van der Waals surface area (Å²) in [6, 6.07) is 0. The van der Waals surface area contributed by atoms with E-state index in [1.54, 1.807) is 0 Å². The van der Waals surface area contributed by atoms with Gasteiger partial charge in [0.05, 0.1) is 0 Å². The minimum absolute atomic E-state index is 0.826. The van der Waals surface area contributed by atoms with Gasteiger partial charge in [0.2, 0.25) is 0 Å². The predicted octanol–water partition coefficient (Wildman–Crippen LogP) is 8.68. The van der Waals surface area contributed by atoms with Gasteiger partial charge in [0.15, 0.2) is 0 Å². The fourth-order valence-corrected chi connectivity index (χ4v) is 2.90. The molecule has 0 heterocycles. The molecule has 0 atom stereocenters. The third-order valence-corrected chi connectivity index (χ3v) is 4.54. The zero-order valence-electron chi connectivity index (χ0n) is 18.2. The molecule has 2 aliphatic rings. The summed E-state index contributed by atoms with van der Waals surface area (Å²) in [5, 5.41) is 0. The van der Waals surface area contributed by atoms with Gasteiger partial charge in [-0.05, 0) is 76.0 Å². The molecule has 0 aromatic rings. The molecule has 0 amide bonds. The molecule has 3 heteroatoms. The Morgan fingerprint density at radius 1 is 0.517 bits per heavy atom. The molecule has 2 saturated carbocycles. The molecule has 0 aromatic heterocycles. The van der Waals surface area contributed by atoms with Crippen LogP contribution in [0, 0.1) is 63.2 Å². The molecule has 2 aliphatic carbocycles. The van der Waals surface area contributed by atoms with Crippen LogP contribution < -0.4 is 0 Å². The first kappa shape index (κ1) is 30.5. The Balaban J connectivity index is 0.000000477. The normalized spacial score (nSPS) is 16.8. The second kappa shape index (κ2) is 25.7. The summed E-state index contributed by atoms with van der Waals surface area (Å²) in [6.45, 7) is 4.50. The van der Waals surface area contributed by atoms with Crippen LogP contribution in [-0.2, 0) is 20.8 Å². The van der Waals surface area contributed by atoms with Gasteiger partial charge in [-0.3, -0.25) is 0 Å². The van der Waals surface area contributed by atoms with Crippen LogP contribution >= 0.6 is 17.0 Å². The van der Waals surface area contributed by atoms with Gasteiger partial charge in [-0.2, -0.15) is 0 Å². The molecule has 29 heavy (non-hydrogen) atoms. The molecule has 2 fully saturated rings. The van der Waals surface area contributed by atoms with Crippen molar-refractivity contribution < 1.29 is 20.8 Å². The summed E-state index contributed by atoms with van der Waals surface area (Å²) >= 11 is -0.826. The molecular weight excluding hydrogens is 474 g/mol. The Morgan fingerprint density at radius 3 is 1.10 bits per heavy atom. The number of hydrogen-bond donors (Lipinski definition) is 0. The quantitative estimate of drug-likeness (QED) is 0.206. The maximum atomic E-state index is 4.93. The number of hydrogen-bond acceptors (Lipinski definition) is 0. The summed E-state index contributed by atoms with van der Waals surface area (Å²) < 4.78 is 0. The third kappa shape index (κ3) is 22.4. The second-order valence-electron chi connectivity index (χ2n) is 7.06. The van der Waals surface area contributed by atoms with Crippen molar-refractivity contribution in [1.82, 2.24) is 0 Å². The summed E-state index contributed by atoms with van der Waals surface area (Å²) in [4.78, 5) is 0. The molecule has 0 bridgehead atoms. The molecule has 2 rings (SSSR count). The van der Waals surface area contributed by atoms with Gasteiger partial charge >= 0.3 is 37.9 Å². The van der Waals surface area contributed by atoms with Crippen LogP contribution in [0.3, 0.4) is 0 Å². The van der Waals surface area contributed by atoms with E-state index in [4.69, 9.17) is 17.0 Å². The predicted molar refractivity (Wildman–Crippen MR) is 120 cm³/mol. The first-order valence-corrected chi connectivity index (χ1v) is 17.3. The van der Waals surface area contributed by atoms with Crippen molar-refractivity contribution >= 4 is 17.0 Å². The van der Waals surface area contributed by atoms with Gasteiger partial charge in [-0.15, -0.1) is 0 Å². The Kier molecular flexibility index (Phi) is 27.0. The molecule has 0 unspecified atom stereocenters. The van der Waals surface area contributed by atoms with E-state index in [2.05, 4.69) is 65.2 Å². The van der Waals surface area contributed by atoms with E-state index in [-0.39, 0.29) is 0 Å². The number of halogens is 2. The fourth-order valence-electron chi connectivity index (χ4n) is 2.90. The Morgan fingerprint density at radius 2 is 0.793 bits per heavy atom. The van der Waals surface area contributed by atoms with E-state index in [1.165, 1.54) is 77.0 Å². The summed E-state index contributed by atoms with van der Waals surface area (Å²) in [7, 11) is 9.87. The van der Waals surface area contributed by atoms with Crippen molar-refractivity contribution in [3.8, 4) is 0 Å². The molecule has 0 nitrogen and oxygen atoms in total. The van der Waals surface area contributed by atoms with Gasteiger partial charge in [0, 0.05) is 0 Å². The Hall–Kier alpha value is 1.46. The SMILES string of the molecule is CCCCCCCC[C]1[C][C][C][C]1.CCCCCCCC[C]1[C][C][C][C]1.[Cl][Zr][Cl]. The zero-order chi connectivity index (χ0) is 21.4. The average molecular weight is 509 g/mol. The van der Waals surface area contributed by atoms with E-state index >= 15 is 0 Å². The van der Waals surface area contributed by atoms with Gasteiger partial charge in [-0.25, -0.2) is 0 Å². The van der Waals surface area contributed by atoms with E-state index in [9.17, 15) is 0 Å². The average Bonchev–Trinajstić information content (AvgIpc) is 3.43. The molecule has 156 valence electrons. The van der Waals surface area contributed by atoms with Crippen LogP contribution in [0.15, 0.2) is 0 Å². The van der Waals surface area contributed by atoms with Crippen LogP contribution in [0.2, 0.25) is 0 Å². The molecule has 18 radical (unpaired) electrons. The molecule has 0 spiro atoms. The van der Waals surface area contributed by atoms with Crippen molar-refractivity contribution in [2.75, 3.05) is 0 Å². The van der Waals surface area contributed by atoms with Crippen molar-refractivity contribution in [3.05, 3.63) is 63.2 Å². The number of unbranched alkanes of at least 4 members (excludes halogenated alkanes) is 10. The minimum atomic E-state index is -0.826. The monoisotopic (exact) mass is 506 g/mol. The first-order valence-electron chi connectivity index (χ1n) is 11.0. The van der Waals surface area contributed by atoms with Crippen LogP contribution in [-0.4, -0.2) is 0 Å². The topological polar surface area (TPSA) is 0 Å². The second-order valence-corrected chi connectivity index (χ2v) is 10.8. The number of rotatable bonds is 14. The van der Waals surface area contributed by atoms with Crippen LogP contribution in [0.1, 0.15) is 104 Å². The molecule has 0 aliphatic heterocycles. The van der Waals surface area contributed by atoms with E-state index in [1.807, 2.05) is 0 Å². The summed E-state index contributed by atoms with van der Waals surface area (Å²) in [5.74, 6) is 2.30. The van der Waals surface area contributed by atoms with Gasteiger partial charge in [0.25, 0.3) is 0 Å². The van der Waals surface area contributed by atoms with Crippen molar-refractivity contribution in [2.45, 2.75) is 104 Å². The van der Waals surface area contributed by atoms with Crippen molar-refractivity contribution in [3.63, 3.8) is 0 Å². The fraction of sp³-hybridized carbons (Fsp3) is 0.615. The van der Waals surface area contributed by atoms with E-state index < -0.39 is 20.8 Å². The van der Waals surface area contributed by atoms with Crippen molar-refractivity contribution in [1.29, 1.82) is 0 Å². The maximum absolute atomic E-state index is 4.93. The first-order chi connectivity index (χ1) is 14.3. The van der Waals surface area contributed by atoms with E-state index in [0.29, 0.717) is 0 Å². The summed E-state index contributed by atoms with van der Waals surface area (Å²) in [5.41, 5.74) is 0. The standard InChI is InChI=1S/2C13H17.2ClH.Zr/c2*1-2-3-4-5-6-7-10-13-11-8-9-12-13;;;/h2*2-7,10H2,1H3;2*1H;/q;;;;+2/p-2. The van der Waals surface area contributed by atoms with Gasteiger partial charge in [-0.1, -0.05) is 90.9 Å². The van der Waals surface area contributed by atoms with Crippen LogP contribution in [0.25, 0.3) is 0 Å². The molecule has 0 aromatic carbocycles. The Labute approximate surface area is 203 Å². The van der Waals surface area contributed by atoms with Crippen LogP contribution in [0.5, 0.6) is 0 Å². The van der Waals surface area contributed by atoms with Crippen LogP contribution in [0.4, 0.5) is 0 Å². The van der Waals surface area contributed by atoms with Crippen molar-refractivity contribution in [2.24, 2.45) is 0 Å². The van der Waals surface area contributed by atoms with E-state index in [0.717, 1.165) is 24.7 Å².